The van der Waals surface area contributed by atoms with Gasteiger partial charge in [0.15, 0.2) is 0 Å². The van der Waals surface area contributed by atoms with E-state index in [4.69, 9.17) is 5.73 Å². The molecule has 0 aromatic rings. The Labute approximate surface area is 45.1 Å². The first kappa shape index (κ1) is 6.21. The van der Waals surface area contributed by atoms with E-state index >= 15 is 0 Å². The molecule has 0 aromatic heterocycles. The maximum atomic E-state index is 9.96. The molecule has 0 heterocycles. The van der Waals surface area contributed by atoms with Gasteiger partial charge in [-0.15, -0.1) is 5.73 Å². The average Bonchev–Trinajstić information content (AvgIpc) is 1.65. The minimum Gasteiger partial charge on any atom is -0.366 e. The van der Waals surface area contributed by atoms with Gasteiger partial charge in [0.25, 0.3) is 0 Å². The summed E-state index contributed by atoms with van der Waals surface area (Å²) in [7, 11) is 2.86. The Balaban J connectivity index is 4.10. The maximum absolute atomic E-state index is 9.96. The predicted octanol–water partition coefficient (Wildman–Crippen LogP) is -0.691. The van der Waals surface area contributed by atoms with Gasteiger partial charge in [-0.1, -0.05) is 6.58 Å². The maximum Gasteiger partial charge on any atom is 0.247 e. The van der Waals surface area contributed by atoms with E-state index in [-0.39, 0.29) is 5.20 Å². The van der Waals surface area contributed by atoms with E-state index in [0.717, 1.165) is 0 Å². The van der Waals surface area contributed by atoms with E-state index in [1.165, 1.54) is 0 Å². The molecule has 0 saturated heterocycles. The molecular formula is C4H4NOSi. The fourth-order valence-corrected chi connectivity index (χ4v) is 0.0871. The summed E-state index contributed by atoms with van der Waals surface area (Å²) in [5.74, 6) is -0.549. The molecule has 35 valence electrons. The molecule has 7 heavy (non-hydrogen) atoms. The zero-order valence-electron chi connectivity index (χ0n) is 3.69. The first-order chi connectivity index (χ1) is 3.18. The zero-order chi connectivity index (χ0) is 5.86. The van der Waals surface area contributed by atoms with Crippen molar-refractivity contribution in [1.29, 1.82) is 0 Å². The van der Waals surface area contributed by atoms with Gasteiger partial charge in [-0.05, 0) is 0 Å². The molecule has 2 nitrogen and oxygen atoms in total. The highest BCUT2D eigenvalue weighted by molar-refractivity contribution is 6.35. The van der Waals surface area contributed by atoms with Crippen LogP contribution in [-0.4, -0.2) is 16.1 Å². The second kappa shape index (κ2) is 2.39. The van der Waals surface area contributed by atoms with Crippen LogP contribution in [0.15, 0.2) is 17.5 Å². The molecule has 3 heteroatoms. The van der Waals surface area contributed by atoms with Gasteiger partial charge in [0.2, 0.25) is 5.91 Å². The second-order valence-corrected chi connectivity index (χ2v) is 1.42. The quantitative estimate of drug-likeness (QED) is 0.271. The summed E-state index contributed by atoms with van der Waals surface area (Å²) in [6.07, 6.45) is 0. The van der Waals surface area contributed by atoms with Crippen LogP contribution in [0, 0.1) is 0 Å². The number of hydrogen-bond donors (Lipinski definition) is 1. The molecule has 0 atom stereocenters. The van der Waals surface area contributed by atoms with Crippen molar-refractivity contribution in [3.8, 4) is 0 Å². The Bertz CT molecular complexity index is 135. The first-order valence-corrected chi connectivity index (χ1v) is 2.10. The van der Waals surface area contributed by atoms with Gasteiger partial charge in [-0.3, -0.25) is 4.79 Å². The molecule has 2 N–H and O–H groups in total. The lowest BCUT2D eigenvalue weighted by Gasteiger charge is -1.81. The summed E-state index contributed by atoms with van der Waals surface area (Å²) < 4.78 is 0. The monoisotopic (exact) mass is 110 g/mol. The lowest BCUT2D eigenvalue weighted by molar-refractivity contribution is -0.113. The number of rotatable bonds is 1. The molecular weight excluding hydrogens is 106 g/mol. The first-order valence-electron chi connectivity index (χ1n) is 1.60. The van der Waals surface area contributed by atoms with Crippen molar-refractivity contribution in [2.24, 2.45) is 5.73 Å². The van der Waals surface area contributed by atoms with E-state index in [2.05, 4.69) is 22.6 Å². The number of primary amides is 1. The Morgan fingerprint density at radius 1 is 1.86 bits per heavy atom. The van der Waals surface area contributed by atoms with Gasteiger partial charge < -0.3 is 5.73 Å². The molecule has 0 aromatic carbocycles. The van der Waals surface area contributed by atoms with Crippen molar-refractivity contribution in [3.05, 3.63) is 17.5 Å². The molecule has 0 rings (SSSR count). The largest absolute Gasteiger partial charge is 0.366 e. The van der Waals surface area contributed by atoms with Crippen LogP contribution in [0.3, 0.4) is 0 Å². The van der Waals surface area contributed by atoms with Gasteiger partial charge in [0.1, 0.15) is 0 Å². The molecule has 0 saturated carbocycles. The Kier molecular flexibility index (Phi) is 2.12. The second-order valence-electron chi connectivity index (χ2n) is 0.916. The van der Waals surface area contributed by atoms with Crippen LogP contribution in [0.25, 0.3) is 0 Å². The summed E-state index contributed by atoms with van der Waals surface area (Å²) in [4.78, 5) is 9.96. The van der Waals surface area contributed by atoms with Crippen molar-refractivity contribution in [1.82, 2.24) is 0 Å². The van der Waals surface area contributed by atoms with E-state index < -0.39 is 5.91 Å². The molecule has 0 aliphatic heterocycles. The topological polar surface area (TPSA) is 43.1 Å². The van der Waals surface area contributed by atoms with Crippen molar-refractivity contribution < 1.29 is 4.79 Å². The van der Waals surface area contributed by atoms with Gasteiger partial charge in [-0.25, -0.2) is 0 Å². The molecule has 0 aliphatic rings. The van der Waals surface area contributed by atoms with Crippen LogP contribution in [-0.2, 0) is 4.79 Å². The molecule has 1 amide bonds. The highest BCUT2D eigenvalue weighted by Crippen LogP contribution is 1.74. The van der Waals surface area contributed by atoms with Gasteiger partial charge in [0, 0.05) is 5.20 Å². The van der Waals surface area contributed by atoms with Gasteiger partial charge >= 0.3 is 0 Å². The summed E-state index contributed by atoms with van der Waals surface area (Å²) in [6, 6.07) is 0. The average molecular weight is 110 g/mol. The van der Waals surface area contributed by atoms with Gasteiger partial charge in [-0.2, -0.15) is 0 Å². The van der Waals surface area contributed by atoms with E-state index in [9.17, 15) is 4.79 Å². The lowest BCUT2D eigenvalue weighted by Crippen LogP contribution is -2.12. The molecule has 0 spiro atoms. The standard InChI is InChI=1S/C4H4NOSi/c1-2-3(7)4(5)6/h1H2,(H2,5,6). The molecule has 0 aliphatic carbocycles. The summed E-state index contributed by atoms with van der Waals surface area (Å²) in [5.41, 5.74) is 6.99. The fourth-order valence-electron chi connectivity index (χ4n) is 0.0871. The Morgan fingerprint density at radius 2 is 2.29 bits per heavy atom. The van der Waals surface area contributed by atoms with Crippen molar-refractivity contribution >= 4 is 16.1 Å². The minimum atomic E-state index is -0.549. The van der Waals surface area contributed by atoms with Crippen LogP contribution >= 0.6 is 0 Å². The zero-order valence-corrected chi connectivity index (χ0v) is 4.69. The highest BCUT2D eigenvalue weighted by atomic mass is 28.1. The van der Waals surface area contributed by atoms with Gasteiger partial charge in [0.05, 0.1) is 10.2 Å². The van der Waals surface area contributed by atoms with E-state index in [0.29, 0.717) is 0 Å². The number of nitrogens with two attached hydrogens (primary N) is 1. The normalized spacial score (nSPS) is 7.00. The Hall–Kier alpha value is -0.793. The third-order valence-electron chi connectivity index (χ3n) is 0.423. The molecule has 0 bridgehead atoms. The number of hydrogen-bond acceptors (Lipinski definition) is 1. The van der Waals surface area contributed by atoms with Crippen LogP contribution in [0.5, 0.6) is 0 Å². The minimum absolute atomic E-state index is 0.181. The summed E-state index contributed by atoms with van der Waals surface area (Å²) in [6.45, 7) is 3.17. The summed E-state index contributed by atoms with van der Waals surface area (Å²) in [5, 5.41) is 0.181. The number of carbonyl (C=O) groups excluding carboxylic acids is 1. The lowest BCUT2D eigenvalue weighted by atomic mass is 10.6. The van der Waals surface area contributed by atoms with Crippen LogP contribution in [0.4, 0.5) is 0 Å². The van der Waals surface area contributed by atoms with E-state index in [1.54, 1.807) is 0 Å². The smallest absolute Gasteiger partial charge is 0.247 e. The fraction of sp³-hybridized carbons (Fsp3) is 0. The molecule has 3 radical (unpaired) electrons. The third kappa shape index (κ3) is 1.98. The van der Waals surface area contributed by atoms with Crippen LogP contribution in [0.2, 0.25) is 0 Å². The van der Waals surface area contributed by atoms with E-state index in [1.807, 2.05) is 0 Å². The molecule has 0 fully saturated rings. The highest BCUT2D eigenvalue weighted by Gasteiger charge is 1.90. The van der Waals surface area contributed by atoms with Crippen molar-refractivity contribution in [2.75, 3.05) is 0 Å². The number of carbonyl (C=O) groups is 1. The third-order valence-corrected chi connectivity index (χ3v) is 0.846. The van der Waals surface area contributed by atoms with Crippen molar-refractivity contribution in [2.45, 2.75) is 0 Å². The summed E-state index contributed by atoms with van der Waals surface area (Å²) >= 11 is 0. The Morgan fingerprint density at radius 3 is 2.29 bits per heavy atom. The SMILES string of the molecule is C=C=C([Si])C(N)=O. The predicted molar refractivity (Wildman–Crippen MR) is 27.6 cm³/mol. The van der Waals surface area contributed by atoms with Crippen molar-refractivity contribution in [3.63, 3.8) is 0 Å². The molecule has 0 unspecified atom stereocenters. The number of amides is 1. The van der Waals surface area contributed by atoms with Crippen LogP contribution in [0.1, 0.15) is 0 Å². The van der Waals surface area contributed by atoms with Crippen LogP contribution < -0.4 is 5.73 Å².